The summed E-state index contributed by atoms with van der Waals surface area (Å²) < 4.78 is 5.55. The van der Waals surface area contributed by atoms with Gasteiger partial charge >= 0.3 is 0 Å². The van der Waals surface area contributed by atoms with Crippen LogP contribution in [0.25, 0.3) is 27.4 Å². The summed E-state index contributed by atoms with van der Waals surface area (Å²) >= 11 is 0. The Morgan fingerprint density at radius 1 is 1.23 bits per heavy atom. The number of benzene rings is 1. The third-order valence-corrected chi connectivity index (χ3v) is 6.11. The monoisotopic (exact) mass is 404 g/mol. The number of methoxy groups -OCH3 is 1. The van der Waals surface area contributed by atoms with Crippen LogP contribution in [0.1, 0.15) is 32.8 Å². The van der Waals surface area contributed by atoms with E-state index in [1.54, 1.807) is 7.11 Å². The molecule has 0 amide bonds. The Labute approximate surface area is 179 Å². The summed E-state index contributed by atoms with van der Waals surface area (Å²) in [5, 5.41) is 2.30. The third-order valence-electron chi connectivity index (χ3n) is 6.11. The van der Waals surface area contributed by atoms with Crippen molar-refractivity contribution < 1.29 is 4.74 Å². The molecule has 0 saturated heterocycles. The Bertz CT molecular complexity index is 1120. The summed E-state index contributed by atoms with van der Waals surface area (Å²) in [6.07, 6.45) is 9.63. The molecule has 158 valence electrons. The van der Waals surface area contributed by atoms with Gasteiger partial charge in [-0.05, 0) is 24.1 Å². The zero-order chi connectivity index (χ0) is 21.5. The number of para-hydroxylation sites is 1. The molecule has 1 atom stereocenters. The van der Waals surface area contributed by atoms with Crippen LogP contribution in [0, 0.1) is 5.41 Å². The number of nitrogens with zero attached hydrogens (tertiary/aromatic N) is 3. The first-order chi connectivity index (χ1) is 14.4. The molecule has 0 spiro atoms. The van der Waals surface area contributed by atoms with Gasteiger partial charge in [-0.25, -0.2) is 0 Å². The van der Waals surface area contributed by atoms with Gasteiger partial charge in [0.25, 0.3) is 0 Å². The molecule has 1 aliphatic rings. The van der Waals surface area contributed by atoms with Crippen molar-refractivity contribution in [2.24, 2.45) is 5.41 Å². The Kier molecular flexibility index (Phi) is 5.33. The van der Waals surface area contributed by atoms with E-state index >= 15 is 0 Å². The van der Waals surface area contributed by atoms with Crippen LogP contribution in [0.3, 0.4) is 0 Å². The van der Waals surface area contributed by atoms with Gasteiger partial charge in [0.2, 0.25) is 0 Å². The van der Waals surface area contributed by atoms with Gasteiger partial charge in [-0.2, -0.15) is 0 Å². The van der Waals surface area contributed by atoms with Crippen molar-refractivity contribution in [2.45, 2.75) is 33.2 Å². The molecule has 0 saturated carbocycles. The minimum absolute atomic E-state index is 0.137. The van der Waals surface area contributed by atoms with Gasteiger partial charge in [-0.1, -0.05) is 39.0 Å². The Balaban J connectivity index is 1.92. The predicted octanol–water partition coefficient (Wildman–Crippen LogP) is 5.23. The van der Waals surface area contributed by atoms with Crippen molar-refractivity contribution in [3.8, 4) is 0 Å². The number of pyridine rings is 1. The van der Waals surface area contributed by atoms with Crippen LogP contribution in [0.15, 0.2) is 54.8 Å². The minimum atomic E-state index is -0.137. The van der Waals surface area contributed by atoms with E-state index in [1.165, 1.54) is 17.0 Å². The zero-order valence-electron chi connectivity index (χ0n) is 18.9. The van der Waals surface area contributed by atoms with Gasteiger partial charge in [0.15, 0.2) is 0 Å². The maximum absolute atomic E-state index is 5.55. The van der Waals surface area contributed by atoms with Crippen LogP contribution in [0.4, 0.5) is 0 Å². The van der Waals surface area contributed by atoms with Crippen molar-refractivity contribution in [2.75, 3.05) is 27.8 Å². The molecule has 5 heteroatoms. The zero-order valence-corrected chi connectivity index (χ0v) is 18.9. The molecule has 0 radical (unpaired) electrons. The molecular weight excluding hydrogens is 372 g/mol. The minimum Gasteiger partial charge on any atom is -0.383 e. The Morgan fingerprint density at radius 3 is 2.73 bits per heavy atom. The van der Waals surface area contributed by atoms with Gasteiger partial charge in [0, 0.05) is 61.5 Å². The van der Waals surface area contributed by atoms with Gasteiger partial charge < -0.3 is 19.5 Å². The van der Waals surface area contributed by atoms with Crippen LogP contribution in [0.2, 0.25) is 0 Å². The molecule has 4 rings (SSSR count). The lowest BCUT2D eigenvalue weighted by Crippen LogP contribution is -2.41. The quantitative estimate of drug-likeness (QED) is 0.611. The first-order valence-electron chi connectivity index (χ1n) is 10.6. The van der Waals surface area contributed by atoms with Crippen molar-refractivity contribution in [3.05, 3.63) is 60.3 Å². The summed E-state index contributed by atoms with van der Waals surface area (Å²) in [5.41, 5.74) is 4.49. The second-order valence-electron chi connectivity index (χ2n) is 8.85. The highest BCUT2D eigenvalue weighted by Gasteiger charge is 2.33. The van der Waals surface area contributed by atoms with Gasteiger partial charge in [-0.3, -0.25) is 4.98 Å². The number of hydrogen-bond donors (Lipinski definition) is 1. The van der Waals surface area contributed by atoms with E-state index in [9.17, 15) is 0 Å². The largest absolute Gasteiger partial charge is 0.383 e. The third kappa shape index (κ3) is 3.37. The number of rotatable bonds is 6. The first kappa shape index (κ1) is 20.5. The van der Waals surface area contributed by atoms with Crippen molar-refractivity contribution in [3.63, 3.8) is 0 Å². The maximum Gasteiger partial charge on any atom is 0.105 e. The summed E-state index contributed by atoms with van der Waals surface area (Å²) in [6.45, 7) is 7.46. The van der Waals surface area contributed by atoms with E-state index in [4.69, 9.17) is 9.72 Å². The Morgan fingerprint density at radius 2 is 2.03 bits per heavy atom. The summed E-state index contributed by atoms with van der Waals surface area (Å²) in [6, 6.07) is 8.83. The molecule has 30 heavy (non-hydrogen) atoms. The molecule has 5 nitrogen and oxygen atoms in total. The molecule has 0 aliphatic carbocycles. The normalized spacial score (nSPS) is 17.2. The van der Waals surface area contributed by atoms with E-state index < -0.39 is 0 Å². The highest BCUT2D eigenvalue weighted by atomic mass is 16.5. The molecule has 3 aromatic rings. The molecule has 3 heterocycles. The highest BCUT2D eigenvalue weighted by Crippen LogP contribution is 2.44. The number of H-pyrrole nitrogens is 1. The molecule has 1 aliphatic heterocycles. The van der Waals surface area contributed by atoms with Crippen molar-refractivity contribution >= 4 is 27.4 Å². The molecule has 2 aromatic heterocycles. The van der Waals surface area contributed by atoms with Crippen LogP contribution >= 0.6 is 0 Å². The van der Waals surface area contributed by atoms with E-state index in [0.29, 0.717) is 6.61 Å². The second-order valence-corrected chi connectivity index (χ2v) is 8.85. The Hall–Kier alpha value is -2.79. The van der Waals surface area contributed by atoms with Crippen LogP contribution in [0.5, 0.6) is 0 Å². The number of fused-ring (bicyclic) bond motifs is 3. The highest BCUT2D eigenvalue weighted by molar-refractivity contribution is 6.07. The van der Waals surface area contributed by atoms with Crippen LogP contribution < -0.4 is 0 Å². The van der Waals surface area contributed by atoms with Gasteiger partial charge in [-0.15, -0.1) is 0 Å². The molecule has 0 fully saturated rings. The number of aromatic amines is 1. The number of hydrogen-bond acceptors (Lipinski definition) is 4. The molecule has 1 unspecified atom stereocenters. The van der Waals surface area contributed by atoms with E-state index in [0.717, 1.165) is 28.2 Å². The number of aromatic nitrogens is 2. The predicted molar refractivity (Wildman–Crippen MR) is 125 cm³/mol. The summed E-state index contributed by atoms with van der Waals surface area (Å²) in [7, 11) is 5.99. The number of ether oxygens (including phenoxy) is 1. The average molecular weight is 405 g/mol. The number of allylic oxidation sites excluding steroid dienone is 2. The fourth-order valence-electron chi connectivity index (χ4n) is 4.46. The van der Waals surface area contributed by atoms with Crippen molar-refractivity contribution in [1.29, 1.82) is 0 Å². The van der Waals surface area contributed by atoms with E-state index in [1.807, 2.05) is 12.4 Å². The lowest BCUT2D eigenvalue weighted by atomic mass is 9.78. The summed E-state index contributed by atoms with van der Waals surface area (Å²) in [5.74, 6) is 1.20. The van der Waals surface area contributed by atoms with E-state index in [-0.39, 0.29) is 11.5 Å². The van der Waals surface area contributed by atoms with E-state index in [2.05, 4.69) is 86.2 Å². The fourth-order valence-corrected chi connectivity index (χ4v) is 4.46. The molecule has 1 N–H and O–H groups in total. The van der Waals surface area contributed by atoms with Crippen molar-refractivity contribution in [1.82, 2.24) is 19.8 Å². The lowest BCUT2D eigenvalue weighted by molar-refractivity contribution is 0.114. The average Bonchev–Trinajstić information content (AvgIpc) is 3.20. The van der Waals surface area contributed by atoms with Gasteiger partial charge in [0.05, 0.1) is 23.7 Å². The summed E-state index contributed by atoms with van der Waals surface area (Å²) in [4.78, 5) is 12.8. The lowest BCUT2D eigenvalue weighted by Gasteiger charge is -2.42. The molecule has 1 aromatic carbocycles. The van der Waals surface area contributed by atoms with Crippen LogP contribution in [-0.4, -0.2) is 53.6 Å². The smallest absolute Gasteiger partial charge is 0.105 e. The maximum atomic E-state index is 5.55. The SMILES string of the molecule is CCC(COC)N1C=C(c2cccc3c2ncc2cc[nH]c23)C(C)(C)C=C1N(C)C. The topological polar surface area (TPSA) is 44.4 Å². The standard InChI is InChI=1S/C25H32N4O/c1-7-18(16-30-6)29-15-21(25(2,3)13-22(29)28(4)5)19-9-8-10-20-23-17(11-12-26-23)14-27-24(19)20/h8-15,18,26H,7,16H2,1-6H3. The second kappa shape index (κ2) is 7.80. The van der Waals surface area contributed by atoms with Crippen LogP contribution in [-0.2, 0) is 4.74 Å². The molecular formula is C25H32N4O. The van der Waals surface area contributed by atoms with Gasteiger partial charge in [0.1, 0.15) is 5.82 Å². The first-order valence-corrected chi connectivity index (χ1v) is 10.6. The number of nitrogens with one attached hydrogen (secondary N) is 1. The fraction of sp³-hybridized carbons (Fsp3) is 0.400. The molecule has 0 bridgehead atoms.